The van der Waals surface area contributed by atoms with E-state index in [2.05, 4.69) is 41.3 Å². The van der Waals surface area contributed by atoms with Crippen LogP contribution in [0.1, 0.15) is 5.82 Å². The Balaban J connectivity index is 1.46. The van der Waals surface area contributed by atoms with Gasteiger partial charge < -0.3 is 4.98 Å². The number of rotatable bonds is 4. The molecule has 2 aromatic carbocycles. The SMILES string of the molecule is O=c1[nH]c(Cn2nnc(-c3ccc(Br)cc3)n2)nc2scc(-c3ccccc3)c12. The van der Waals surface area contributed by atoms with Crippen LogP contribution in [0.5, 0.6) is 0 Å². The van der Waals surface area contributed by atoms with Gasteiger partial charge in [0.25, 0.3) is 5.56 Å². The molecule has 142 valence electrons. The number of aromatic amines is 1. The first kappa shape index (κ1) is 17.9. The van der Waals surface area contributed by atoms with Gasteiger partial charge in [-0.15, -0.1) is 21.5 Å². The number of hydrogen-bond donors (Lipinski definition) is 1. The van der Waals surface area contributed by atoms with Crippen LogP contribution in [-0.2, 0) is 6.54 Å². The van der Waals surface area contributed by atoms with Crippen molar-refractivity contribution in [1.29, 1.82) is 0 Å². The van der Waals surface area contributed by atoms with E-state index < -0.39 is 0 Å². The molecule has 1 N–H and O–H groups in total. The molecule has 0 fully saturated rings. The number of nitrogens with zero attached hydrogens (tertiary/aromatic N) is 5. The van der Waals surface area contributed by atoms with Gasteiger partial charge in [-0.05, 0) is 35.0 Å². The molecule has 9 heteroatoms. The second-order valence-electron chi connectivity index (χ2n) is 6.36. The van der Waals surface area contributed by atoms with Crippen LogP contribution in [0.2, 0.25) is 0 Å². The molecule has 0 saturated heterocycles. The first-order valence-electron chi connectivity index (χ1n) is 8.77. The predicted octanol–water partition coefficient (Wildman–Crippen LogP) is 4.12. The van der Waals surface area contributed by atoms with Crippen molar-refractivity contribution in [3.05, 3.63) is 80.6 Å². The molecule has 0 aliphatic carbocycles. The number of tetrazole rings is 1. The van der Waals surface area contributed by atoms with Gasteiger partial charge in [-0.25, -0.2) is 4.98 Å². The number of nitrogens with one attached hydrogen (secondary N) is 1. The van der Waals surface area contributed by atoms with E-state index >= 15 is 0 Å². The van der Waals surface area contributed by atoms with Gasteiger partial charge >= 0.3 is 0 Å². The third-order valence-corrected chi connectivity index (χ3v) is 5.83. The molecule has 0 spiro atoms. The van der Waals surface area contributed by atoms with E-state index in [-0.39, 0.29) is 12.1 Å². The van der Waals surface area contributed by atoms with Gasteiger partial charge in [-0.2, -0.15) is 4.80 Å². The van der Waals surface area contributed by atoms with E-state index in [1.165, 1.54) is 16.1 Å². The van der Waals surface area contributed by atoms with Crippen LogP contribution in [0.25, 0.3) is 32.7 Å². The Bertz CT molecular complexity index is 1360. The Morgan fingerprint density at radius 1 is 1.03 bits per heavy atom. The van der Waals surface area contributed by atoms with Crippen LogP contribution in [-0.4, -0.2) is 30.2 Å². The first-order chi connectivity index (χ1) is 14.2. The fraction of sp³-hybridized carbons (Fsp3) is 0.0500. The fourth-order valence-electron chi connectivity index (χ4n) is 3.06. The minimum Gasteiger partial charge on any atom is -0.308 e. The number of H-pyrrole nitrogens is 1. The molecule has 3 heterocycles. The molecule has 0 aliphatic rings. The topological polar surface area (TPSA) is 89.4 Å². The number of halogens is 1. The molecule has 0 amide bonds. The minimum absolute atomic E-state index is 0.168. The molecule has 0 aliphatic heterocycles. The lowest BCUT2D eigenvalue weighted by Gasteiger charge is -2.01. The third kappa shape index (κ3) is 3.50. The molecule has 29 heavy (non-hydrogen) atoms. The zero-order valence-corrected chi connectivity index (χ0v) is 17.3. The van der Waals surface area contributed by atoms with Crippen molar-refractivity contribution in [1.82, 2.24) is 30.2 Å². The average molecular weight is 465 g/mol. The number of thiophene rings is 1. The number of hydrogen-bond acceptors (Lipinski definition) is 6. The lowest BCUT2D eigenvalue weighted by Crippen LogP contribution is -2.15. The Morgan fingerprint density at radius 2 is 1.83 bits per heavy atom. The predicted molar refractivity (Wildman–Crippen MR) is 116 cm³/mol. The van der Waals surface area contributed by atoms with E-state index in [1.54, 1.807) is 0 Å². The average Bonchev–Trinajstić information content (AvgIpc) is 3.37. The highest BCUT2D eigenvalue weighted by Crippen LogP contribution is 2.30. The van der Waals surface area contributed by atoms with Gasteiger partial charge in [0.15, 0.2) is 0 Å². The monoisotopic (exact) mass is 464 g/mol. The van der Waals surface area contributed by atoms with Crippen molar-refractivity contribution in [3.8, 4) is 22.5 Å². The summed E-state index contributed by atoms with van der Waals surface area (Å²) in [6, 6.07) is 17.5. The highest BCUT2D eigenvalue weighted by Gasteiger charge is 2.14. The van der Waals surface area contributed by atoms with Crippen molar-refractivity contribution >= 4 is 37.5 Å². The largest absolute Gasteiger partial charge is 0.308 e. The minimum atomic E-state index is -0.168. The van der Waals surface area contributed by atoms with Gasteiger partial charge in [0.2, 0.25) is 5.82 Å². The molecular weight excluding hydrogens is 452 g/mol. The van der Waals surface area contributed by atoms with Gasteiger partial charge in [-0.3, -0.25) is 4.79 Å². The van der Waals surface area contributed by atoms with Crippen molar-refractivity contribution < 1.29 is 0 Å². The lowest BCUT2D eigenvalue weighted by atomic mass is 10.1. The standard InChI is InChI=1S/C20H13BrN6OS/c21-14-8-6-13(7-9-14)18-24-26-27(25-18)10-16-22-19(28)17-15(11-29-20(17)23-16)12-4-2-1-3-5-12/h1-9,11H,10H2,(H,22,23,28). The van der Waals surface area contributed by atoms with E-state index in [9.17, 15) is 4.79 Å². The third-order valence-electron chi connectivity index (χ3n) is 4.42. The van der Waals surface area contributed by atoms with E-state index in [1.807, 2.05) is 60.0 Å². The summed E-state index contributed by atoms with van der Waals surface area (Å²) in [5.41, 5.74) is 2.58. The Hall–Kier alpha value is -3.17. The molecule has 0 radical (unpaired) electrons. The van der Waals surface area contributed by atoms with Crippen LogP contribution < -0.4 is 5.56 Å². The van der Waals surface area contributed by atoms with Gasteiger partial charge in [-0.1, -0.05) is 46.3 Å². The quantitative estimate of drug-likeness (QED) is 0.432. The highest BCUT2D eigenvalue weighted by atomic mass is 79.9. The van der Waals surface area contributed by atoms with Crippen molar-refractivity contribution in [2.45, 2.75) is 6.54 Å². The Kier molecular flexibility index (Phi) is 4.53. The molecule has 0 saturated carbocycles. The maximum atomic E-state index is 12.7. The molecule has 0 bridgehead atoms. The molecule has 0 unspecified atom stereocenters. The van der Waals surface area contributed by atoms with Crippen molar-refractivity contribution in [2.24, 2.45) is 0 Å². The van der Waals surface area contributed by atoms with E-state index in [4.69, 9.17) is 0 Å². The summed E-state index contributed by atoms with van der Waals surface area (Å²) in [7, 11) is 0. The van der Waals surface area contributed by atoms with Gasteiger partial charge in [0.1, 0.15) is 17.2 Å². The van der Waals surface area contributed by atoms with Crippen LogP contribution in [0.4, 0.5) is 0 Å². The molecule has 3 aromatic heterocycles. The summed E-state index contributed by atoms with van der Waals surface area (Å²) in [6.07, 6.45) is 0. The van der Waals surface area contributed by atoms with E-state index in [0.29, 0.717) is 21.9 Å². The van der Waals surface area contributed by atoms with Crippen molar-refractivity contribution in [3.63, 3.8) is 0 Å². The summed E-state index contributed by atoms with van der Waals surface area (Å²) in [6.45, 7) is 0.229. The molecule has 0 atom stereocenters. The maximum absolute atomic E-state index is 12.7. The van der Waals surface area contributed by atoms with Gasteiger partial charge in [0, 0.05) is 21.0 Å². The van der Waals surface area contributed by atoms with Gasteiger partial charge in [0.05, 0.1) is 5.39 Å². The van der Waals surface area contributed by atoms with Crippen LogP contribution >= 0.6 is 27.3 Å². The molecule has 7 nitrogen and oxygen atoms in total. The Morgan fingerprint density at radius 3 is 2.62 bits per heavy atom. The molecular formula is C20H13BrN6OS. The smallest absolute Gasteiger partial charge is 0.260 e. The molecule has 5 aromatic rings. The fourth-order valence-corrected chi connectivity index (χ4v) is 4.29. The second-order valence-corrected chi connectivity index (χ2v) is 8.13. The van der Waals surface area contributed by atoms with E-state index in [0.717, 1.165) is 21.2 Å². The zero-order chi connectivity index (χ0) is 19.8. The summed E-state index contributed by atoms with van der Waals surface area (Å²) in [5.74, 6) is 1.01. The van der Waals surface area contributed by atoms with Crippen LogP contribution in [0.15, 0.2) is 69.2 Å². The number of fused-ring (bicyclic) bond motifs is 1. The Labute approximate surface area is 177 Å². The first-order valence-corrected chi connectivity index (χ1v) is 10.4. The highest BCUT2D eigenvalue weighted by molar-refractivity contribution is 9.10. The normalized spacial score (nSPS) is 11.2. The lowest BCUT2D eigenvalue weighted by molar-refractivity contribution is 0.555. The van der Waals surface area contributed by atoms with Crippen LogP contribution in [0, 0.1) is 0 Å². The summed E-state index contributed by atoms with van der Waals surface area (Å²) < 4.78 is 0.981. The zero-order valence-electron chi connectivity index (χ0n) is 14.9. The maximum Gasteiger partial charge on any atom is 0.260 e. The number of aromatic nitrogens is 6. The summed E-state index contributed by atoms with van der Waals surface area (Å²) >= 11 is 4.86. The van der Waals surface area contributed by atoms with Crippen LogP contribution in [0.3, 0.4) is 0 Å². The number of benzene rings is 2. The second kappa shape index (κ2) is 7.34. The molecule has 5 rings (SSSR count). The summed E-state index contributed by atoms with van der Waals surface area (Å²) in [5, 5.41) is 15.1. The summed E-state index contributed by atoms with van der Waals surface area (Å²) in [4.78, 5) is 22.3. The van der Waals surface area contributed by atoms with Crippen molar-refractivity contribution in [2.75, 3.05) is 0 Å².